The topological polar surface area (TPSA) is 67.0 Å². The van der Waals surface area contributed by atoms with E-state index in [0.717, 1.165) is 54.6 Å². The van der Waals surface area contributed by atoms with Gasteiger partial charge in [-0.25, -0.2) is 14.6 Å². The minimum absolute atomic E-state index is 0.256. The van der Waals surface area contributed by atoms with Crippen LogP contribution >= 0.6 is 0 Å². The Balaban J connectivity index is 1.41. The first kappa shape index (κ1) is 17.5. The normalized spacial score (nSPS) is 12.4. The molecule has 0 amide bonds. The van der Waals surface area contributed by atoms with Crippen molar-refractivity contribution in [1.82, 2.24) is 24.3 Å². The van der Waals surface area contributed by atoms with E-state index in [4.69, 9.17) is 19.6 Å². The van der Waals surface area contributed by atoms with Gasteiger partial charge in [-0.15, -0.1) is 0 Å². The number of hydrogen-bond acceptors (Lipinski definition) is 5. The van der Waals surface area contributed by atoms with E-state index in [0.29, 0.717) is 0 Å². The highest BCUT2D eigenvalue weighted by atomic mass is 16.7. The maximum absolute atomic E-state index is 5.54. The van der Waals surface area contributed by atoms with Gasteiger partial charge in [0.2, 0.25) is 6.79 Å². The van der Waals surface area contributed by atoms with Crippen LogP contribution in [-0.4, -0.2) is 31.1 Å². The first-order valence-electron chi connectivity index (χ1n) is 9.70. The van der Waals surface area contributed by atoms with Crippen molar-refractivity contribution >= 4 is 0 Å². The molecule has 0 fully saturated rings. The number of rotatable bonds is 7. The van der Waals surface area contributed by atoms with E-state index in [1.165, 1.54) is 5.56 Å². The van der Waals surface area contributed by atoms with Crippen molar-refractivity contribution in [2.75, 3.05) is 6.79 Å². The SMILES string of the molecule is c1ccc(CCc2nc(CCn3ccnc3)n(-c3ccc4c(c3)OCO4)n2)cc1. The Morgan fingerprint density at radius 2 is 1.83 bits per heavy atom. The molecule has 5 rings (SSSR count). The van der Waals surface area contributed by atoms with Crippen LogP contribution in [0.5, 0.6) is 11.5 Å². The molecule has 0 N–H and O–H groups in total. The van der Waals surface area contributed by atoms with Gasteiger partial charge in [-0.2, -0.15) is 5.10 Å². The molecular weight excluding hydrogens is 366 g/mol. The predicted molar refractivity (Wildman–Crippen MR) is 107 cm³/mol. The summed E-state index contributed by atoms with van der Waals surface area (Å²) in [6.07, 6.45) is 8.01. The second-order valence-corrected chi connectivity index (χ2v) is 6.93. The van der Waals surface area contributed by atoms with Crippen LogP contribution in [-0.2, 0) is 25.8 Å². The molecule has 0 radical (unpaired) electrons. The molecule has 146 valence electrons. The van der Waals surface area contributed by atoms with Crippen molar-refractivity contribution in [1.29, 1.82) is 0 Å². The highest BCUT2D eigenvalue weighted by molar-refractivity contribution is 5.50. The second kappa shape index (κ2) is 7.79. The molecule has 4 aromatic rings. The van der Waals surface area contributed by atoms with Gasteiger partial charge >= 0.3 is 0 Å². The fraction of sp³-hybridized carbons (Fsp3) is 0.227. The van der Waals surface area contributed by atoms with Crippen LogP contribution in [0, 0.1) is 0 Å². The first-order valence-corrected chi connectivity index (χ1v) is 9.70. The molecule has 1 aliphatic heterocycles. The summed E-state index contributed by atoms with van der Waals surface area (Å²) in [4.78, 5) is 8.95. The highest BCUT2D eigenvalue weighted by Gasteiger charge is 2.17. The molecule has 0 aliphatic carbocycles. The van der Waals surface area contributed by atoms with E-state index in [1.54, 1.807) is 6.20 Å². The second-order valence-electron chi connectivity index (χ2n) is 6.93. The van der Waals surface area contributed by atoms with Gasteiger partial charge in [0, 0.05) is 37.8 Å². The molecule has 0 bridgehead atoms. The molecule has 7 heteroatoms. The molecule has 0 saturated carbocycles. The number of fused-ring (bicyclic) bond motifs is 1. The molecule has 0 spiro atoms. The average molecular weight is 387 g/mol. The van der Waals surface area contributed by atoms with Gasteiger partial charge in [0.1, 0.15) is 5.82 Å². The Labute approximate surface area is 168 Å². The minimum atomic E-state index is 0.256. The van der Waals surface area contributed by atoms with Gasteiger partial charge in [0.15, 0.2) is 17.3 Å². The lowest BCUT2D eigenvalue weighted by atomic mass is 10.1. The fourth-order valence-corrected chi connectivity index (χ4v) is 3.43. The summed E-state index contributed by atoms with van der Waals surface area (Å²) in [6, 6.07) is 16.3. The van der Waals surface area contributed by atoms with Crippen molar-refractivity contribution in [2.45, 2.75) is 25.8 Å². The molecule has 2 aromatic carbocycles. The molecule has 2 aromatic heterocycles. The van der Waals surface area contributed by atoms with Gasteiger partial charge in [-0.1, -0.05) is 30.3 Å². The van der Waals surface area contributed by atoms with E-state index in [2.05, 4.69) is 29.2 Å². The molecule has 0 unspecified atom stereocenters. The van der Waals surface area contributed by atoms with Crippen molar-refractivity contribution in [3.63, 3.8) is 0 Å². The zero-order chi connectivity index (χ0) is 19.5. The maximum atomic E-state index is 5.54. The maximum Gasteiger partial charge on any atom is 0.231 e. The third-order valence-corrected chi connectivity index (χ3v) is 4.95. The summed E-state index contributed by atoms with van der Waals surface area (Å²) in [7, 11) is 0. The van der Waals surface area contributed by atoms with E-state index in [9.17, 15) is 0 Å². The van der Waals surface area contributed by atoms with Gasteiger partial charge in [0.05, 0.1) is 12.0 Å². The van der Waals surface area contributed by atoms with Crippen molar-refractivity contribution < 1.29 is 9.47 Å². The lowest BCUT2D eigenvalue weighted by Crippen LogP contribution is -2.07. The predicted octanol–water partition coefficient (Wildman–Crippen LogP) is 3.22. The van der Waals surface area contributed by atoms with Crippen molar-refractivity contribution in [3.8, 4) is 17.2 Å². The quantitative estimate of drug-likeness (QED) is 0.487. The van der Waals surface area contributed by atoms with Crippen LogP contribution in [0.2, 0.25) is 0 Å². The summed E-state index contributed by atoms with van der Waals surface area (Å²) in [5, 5.41) is 4.81. The third kappa shape index (κ3) is 3.85. The Morgan fingerprint density at radius 1 is 0.931 bits per heavy atom. The van der Waals surface area contributed by atoms with Gasteiger partial charge in [-0.3, -0.25) is 0 Å². The molecule has 0 saturated heterocycles. The van der Waals surface area contributed by atoms with Gasteiger partial charge < -0.3 is 14.0 Å². The van der Waals surface area contributed by atoms with Crippen LogP contribution in [0.25, 0.3) is 5.69 Å². The largest absolute Gasteiger partial charge is 0.454 e. The Morgan fingerprint density at radius 3 is 2.69 bits per heavy atom. The van der Waals surface area contributed by atoms with Crippen LogP contribution in [0.3, 0.4) is 0 Å². The lowest BCUT2D eigenvalue weighted by molar-refractivity contribution is 0.174. The number of imidazole rings is 1. The van der Waals surface area contributed by atoms with Crippen LogP contribution in [0.1, 0.15) is 17.2 Å². The Hall–Kier alpha value is -3.61. The zero-order valence-corrected chi connectivity index (χ0v) is 15.9. The van der Waals surface area contributed by atoms with Crippen LogP contribution < -0.4 is 9.47 Å². The van der Waals surface area contributed by atoms with Gasteiger partial charge in [0.25, 0.3) is 0 Å². The number of ether oxygens (including phenoxy) is 2. The smallest absolute Gasteiger partial charge is 0.231 e. The zero-order valence-electron chi connectivity index (χ0n) is 15.9. The Kier molecular flexibility index (Phi) is 4.70. The standard InChI is InChI=1S/C22H21N5O2/c1-2-4-17(5-3-1)6-9-21-24-22(10-12-26-13-11-23-15-26)27(25-21)18-7-8-19-20(14-18)29-16-28-19/h1-5,7-8,11,13-15H,6,9-10,12,16H2. The summed E-state index contributed by atoms with van der Waals surface area (Å²) in [5.74, 6) is 3.26. The highest BCUT2D eigenvalue weighted by Crippen LogP contribution is 2.33. The van der Waals surface area contributed by atoms with Crippen LogP contribution in [0.4, 0.5) is 0 Å². The van der Waals surface area contributed by atoms with Gasteiger partial charge in [-0.05, 0) is 24.1 Å². The van der Waals surface area contributed by atoms with E-state index >= 15 is 0 Å². The van der Waals surface area contributed by atoms with Crippen molar-refractivity contribution in [2.24, 2.45) is 0 Å². The lowest BCUT2D eigenvalue weighted by Gasteiger charge is -2.07. The summed E-state index contributed by atoms with van der Waals surface area (Å²) < 4.78 is 14.9. The Bertz CT molecular complexity index is 1090. The van der Waals surface area contributed by atoms with Crippen LogP contribution in [0.15, 0.2) is 67.3 Å². The molecule has 0 atom stereocenters. The number of hydrogen-bond donors (Lipinski definition) is 0. The molecular formula is C22H21N5O2. The number of nitrogens with zero attached hydrogens (tertiary/aromatic N) is 5. The summed E-state index contributed by atoms with van der Waals surface area (Å²) in [6.45, 7) is 1.05. The molecule has 1 aliphatic rings. The minimum Gasteiger partial charge on any atom is -0.454 e. The van der Waals surface area contributed by atoms with E-state index < -0.39 is 0 Å². The van der Waals surface area contributed by atoms with Crippen molar-refractivity contribution in [3.05, 3.63) is 84.5 Å². The molecule has 29 heavy (non-hydrogen) atoms. The molecule has 3 heterocycles. The number of benzene rings is 2. The fourth-order valence-electron chi connectivity index (χ4n) is 3.43. The monoisotopic (exact) mass is 387 g/mol. The van der Waals surface area contributed by atoms with E-state index in [1.807, 2.05) is 46.0 Å². The van der Waals surface area contributed by atoms with E-state index in [-0.39, 0.29) is 6.79 Å². The molecule has 7 nitrogen and oxygen atoms in total. The number of aryl methyl sites for hydroxylation is 4. The average Bonchev–Trinajstić information content (AvgIpc) is 3.51. The summed E-state index contributed by atoms with van der Waals surface area (Å²) in [5.41, 5.74) is 2.21. The number of aromatic nitrogens is 5. The third-order valence-electron chi connectivity index (χ3n) is 4.95. The first-order chi connectivity index (χ1) is 14.3. The summed E-state index contributed by atoms with van der Waals surface area (Å²) >= 11 is 0.